The second kappa shape index (κ2) is 4.32. The van der Waals surface area contributed by atoms with E-state index in [1.807, 2.05) is 24.8 Å². The Balaban J connectivity index is 2.10. The van der Waals surface area contributed by atoms with Gasteiger partial charge in [0.2, 0.25) is 0 Å². The van der Waals surface area contributed by atoms with Gasteiger partial charge in [-0.05, 0) is 38.7 Å². The topological polar surface area (TPSA) is 33.5 Å². The van der Waals surface area contributed by atoms with Gasteiger partial charge in [-0.3, -0.25) is 4.79 Å². The van der Waals surface area contributed by atoms with Gasteiger partial charge in [0, 0.05) is 13.1 Å². The van der Waals surface area contributed by atoms with E-state index >= 15 is 0 Å². The summed E-state index contributed by atoms with van der Waals surface area (Å²) in [5.41, 5.74) is 0.729. The summed E-state index contributed by atoms with van der Waals surface area (Å²) >= 11 is 0. The predicted octanol–water partition coefficient (Wildman–Crippen LogP) is 2.77. The Kier molecular flexibility index (Phi) is 3.03. The van der Waals surface area contributed by atoms with E-state index in [0.29, 0.717) is 0 Å². The molecule has 0 unspecified atom stereocenters. The van der Waals surface area contributed by atoms with Crippen molar-refractivity contribution >= 4 is 5.91 Å². The van der Waals surface area contributed by atoms with Crippen molar-refractivity contribution in [2.24, 2.45) is 5.92 Å². The molecule has 3 nitrogen and oxygen atoms in total. The van der Waals surface area contributed by atoms with Crippen LogP contribution < -0.4 is 0 Å². The second-order valence-electron chi connectivity index (χ2n) is 4.80. The Bertz CT molecular complexity index is 387. The monoisotopic (exact) mass is 221 g/mol. The minimum Gasteiger partial charge on any atom is -0.466 e. The highest BCUT2D eigenvalue weighted by molar-refractivity contribution is 5.95. The number of furan rings is 1. The molecule has 3 heteroatoms. The highest BCUT2D eigenvalue weighted by Crippen LogP contribution is 2.21. The van der Waals surface area contributed by atoms with Crippen LogP contribution >= 0.6 is 0 Å². The molecule has 1 aromatic rings. The zero-order valence-electron chi connectivity index (χ0n) is 10.2. The number of carbonyl (C=O) groups is 1. The van der Waals surface area contributed by atoms with Crippen molar-refractivity contribution in [2.75, 3.05) is 13.1 Å². The van der Waals surface area contributed by atoms with Crippen LogP contribution in [-0.4, -0.2) is 23.9 Å². The fraction of sp³-hybridized carbons (Fsp3) is 0.615. The summed E-state index contributed by atoms with van der Waals surface area (Å²) in [6.07, 6.45) is 2.23. The van der Waals surface area contributed by atoms with Gasteiger partial charge in [0.1, 0.15) is 11.5 Å². The number of rotatable bonds is 1. The Morgan fingerprint density at radius 2 is 2.00 bits per heavy atom. The lowest BCUT2D eigenvalue weighted by Crippen LogP contribution is -2.38. The summed E-state index contributed by atoms with van der Waals surface area (Å²) in [5.74, 6) is 2.42. The Morgan fingerprint density at radius 3 is 2.50 bits per heavy atom. The molecule has 16 heavy (non-hydrogen) atoms. The van der Waals surface area contributed by atoms with Crippen LogP contribution in [0.2, 0.25) is 0 Å². The number of amides is 1. The molecular formula is C13H19NO2. The van der Waals surface area contributed by atoms with Crippen LogP contribution in [0.3, 0.4) is 0 Å². The van der Waals surface area contributed by atoms with E-state index in [-0.39, 0.29) is 5.91 Å². The summed E-state index contributed by atoms with van der Waals surface area (Å²) in [6, 6.07) is 1.84. The van der Waals surface area contributed by atoms with Crippen molar-refractivity contribution < 1.29 is 9.21 Å². The number of aryl methyl sites for hydroxylation is 2. The molecule has 1 aromatic heterocycles. The van der Waals surface area contributed by atoms with Gasteiger partial charge in [0.15, 0.2) is 0 Å². The highest BCUT2D eigenvalue weighted by Gasteiger charge is 2.23. The highest BCUT2D eigenvalue weighted by atomic mass is 16.3. The first-order valence-electron chi connectivity index (χ1n) is 5.94. The maximum Gasteiger partial charge on any atom is 0.257 e. The first-order valence-corrected chi connectivity index (χ1v) is 5.94. The average Bonchev–Trinajstić information content (AvgIpc) is 2.58. The van der Waals surface area contributed by atoms with E-state index in [9.17, 15) is 4.79 Å². The predicted molar refractivity (Wildman–Crippen MR) is 62.5 cm³/mol. The fourth-order valence-corrected chi connectivity index (χ4v) is 2.23. The molecule has 1 amide bonds. The van der Waals surface area contributed by atoms with Gasteiger partial charge >= 0.3 is 0 Å². The number of piperidine rings is 1. The average molecular weight is 221 g/mol. The summed E-state index contributed by atoms with van der Waals surface area (Å²) in [7, 11) is 0. The third-order valence-corrected chi connectivity index (χ3v) is 3.34. The van der Waals surface area contributed by atoms with Gasteiger partial charge in [-0.1, -0.05) is 6.92 Å². The molecule has 1 aliphatic rings. The second-order valence-corrected chi connectivity index (χ2v) is 4.80. The normalized spacial score (nSPS) is 17.8. The number of hydrogen-bond acceptors (Lipinski definition) is 2. The molecule has 1 saturated heterocycles. The van der Waals surface area contributed by atoms with Crippen molar-refractivity contribution in [2.45, 2.75) is 33.6 Å². The van der Waals surface area contributed by atoms with Crippen LogP contribution in [0.5, 0.6) is 0 Å². The summed E-state index contributed by atoms with van der Waals surface area (Å²) in [5, 5.41) is 0. The maximum atomic E-state index is 12.2. The molecule has 0 aliphatic carbocycles. The molecule has 0 bridgehead atoms. The lowest BCUT2D eigenvalue weighted by Gasteiger charge is -2.30. The van der Waals surface area contributed by atoms with Crippen molar-refractivity contribution in [1.82, 2.24) is 4.90 Å². The summed E-state index contributed by atoms with van der Waals surface area (Å²) < 4.78 is 5.40. The Morgan fingerprint density at radius 1 is 1.38 bits per heavy atom. The molecular weight excluding hydrogens is 202 g/mol. The number of likely N-dealkylation sites (tertiary alicyclic amines) is 1. The quantitative estimate of drug-likeness (QED) is 0.730. The van der Waals surface area contributed by atoms with Gasteiger partial charge in [-0.15, -0.1) is 0 Å². The first-order chi connectivity index (χ1) is 7.58. The molecule has 2 rings (SSSR count). The van der Waals surface area contributed by atoms with E-state index in [0.717, 1.165) is 48.9 Å². The van der Waals surface area contributed by atoms with Gasteiger partial charge in [0.05, 0.1) is 5.56 Å². The minimum atomic E-state index is 0.126. The number of nitrogens with zero attached hydrogens (tertiary/aromatic N) is 1. The van der Waals surface area contributed by atoms with Crippen LogP contribution in [0.15, 0.2) is 10.5 Å². The lowest BCUT2D eigenvalue weighted by atomic mass is 9.98. The molecule has 1 fully saturated rings. The molecule has 1 aliphatic heterocycles. The van der Waals surface area contributed by atoms with Crippen molar-refractivity contribution in [3.63, 3.8) is 0 Å². The lowest BCUT2D eigenvalue weighted by molar-refractivity contribution is 0.0695. The summed E-state index contributed by atoms with van der Waals surface area (Å²) in [6.45, 7) is 7.73. The molecule has 2 heterocycles. The molecule has 0 radical (unpaired) electrons. The molecule has 88 valence electrons. The van der Waals surface area contributed by atoms with E-state index in [4.69, 9.17) is 4.42 Å². The number of hydrogen-bond donors (Lipinski definition) is 0. The molecule has 0 saturated carbocycles. The van der Waals surface area contributed by atoms with Crippen LogP contribution in [0.1, 0.15) is 41.6 Å². The van der Waals surface area contributed by atoms with Crippen molar-refractivity contribution in [3.8, 4) is 0 Å². The van der Waals surface area contributed by atoms with Crippen molar-refractivity contribution in [3.05, 3.63) is 23.2 Å². The smallest absolute Gasteiger partial charge is 0.257 e. The van der Waals surface area contributed by atoms with Crippen LogP contribution in [0.25, 0.3) is 0 Å². The molecule has 0 spiro atoms. The summed E-state index contributed by atoms with van der Waals surface area (Å²) in [4.78, 5) is 14.1. The maximum absolute atomic E-state index is 12.2. The van der Waals surface area contributed by atoms with Crippen LogP contribution in [0.4, 0.5) is 0 Å². The van der Waals surface area contributed by atoms with Gasteiger partial charge in [-0.25, -0.2) is 0 Å². The first kappa shape index (κ1) is 11.2. The SMILES string of the molecule is Cc1cc(C(=O)N2CCC(C)CC2)c(C)o1. The third-order valence-electron chi connectivity index (χ3n) is 3.34. The van der Waals surface area contributed by atoms with Crippen LogP contribution in [-0.2, 0) is 0 Å². The van der Waals surface area contributed by atoms with Gasteiger partial charge in [0.25, 0.3) is 5.91 Å². The fourth-order valence-electron chi connectivity index (χ4n) is 2.23. The van der Waals surface area contributed by atoms with E-state index in [1.54, 1.807) is 0 Å². The van der Waals surface area contributed by atoms with Crippen LogP contribution in [0, 0.1) is 19.8 Å². The largest absolute Gasteiger partial charge is 0.466 e. The zero-order valence-corrected chi connectivity index (χ0v) is 10.2. The molecule has 0 N–H and O–H groups in total. The Labute approximate surface area is 96.4 Å². The molecule has 0 atom stereocenters. The standard InChI is InChI=1S/C13H19NO2/c1-9-4-6-14(7-5-9)13(15)12-8-10(2)16-11(12)3/h8-9H,4-7H2,1-3H3. The van der Waals surface area contributed by atoms with E-state index < -0.39 is 0 Å². The number of carbonyl (C=O) groups excluding carboxylic acids is 1. The van der Waals surface area contributed by atoms with E-state index in [1.165, 1.54) is 0 Å². The van der Waals surface area contributed by atoms with Crippen molar-refractivity contribution in [1.29, 1.82) is 0 Å². The third kappa shape index (κ3) is 2.13. The minimum absolute atomic E-state index is 0.126. The van der Waals surface area contributed by atoms with Gasteiger partial charge < -0.3 is 9.32 Å². The van der Waals surface area contributed by atoms with E-state index in [2.05, 4.69) is 6.92 Å². The Hall–Kier alpha value is -1.25. The molecule has 0 aromatic carbocycles. The zero-order chi connectivity index (χ0) is 11.7. The van der Waals surface area contributed by atoms with Gasteiger partial charge in [-0.2, -0.15) is 0 Å².